The van der Waals surface area contributed by atoms with Crippen molar-refractivity contribution < 1.29 is 9.52 Å². The molecule has 6 heteroatoms. The highest BCUT2D eigenvalue weighted by atomic mass is 35.6. The Morgan fingerprint density at radius 1 is 1.28 bits per heavy atom. The van der Waals surface area contributed by atoms with Gasteiger partial charge in [-0.25, -0.2) is 0 Å². The van der Waals surface area contributed by atoms with Crippen LogP contribution in [0.1, 0.15) is 5.56 Å². The summed E-state index contributed by atoms with van der Waals surface area (Å²) < 4.78 is 3.40. The van der Waals surface area contributed by atoms with E-state index in [1.807, 2.05) is 0 Å². The van der Waals surface area contributed by atoms with E-state index in [1.54, 1.807) is 37.6 Å². The minimum absolute atomic E-state index is 0.118. The van der Waals surface area contributed by atoms with Gasteiger partial charge in [-0.2, -0.15) is 0 Å². The minimum Gasteiger partial charge on any atom is -0.464 e. The third-order valence-corrected chi connectivity index (χ3v) is 3.77. The van der Waals surface area contributed by atoms with Crippen molar-refractivity contribution in [1.29, 1.82) is 0 Å². The largest absolute Gasteiger partial charge is 0.464 e. The average Bonchev–Trinajstić information content (AvgIpc) is 2.74. The maximum Gasteiger partial charge on any atom is 0.224 e. The summed E-state index contributed by atoms with van der Waals surface area (Å²) in [4.78, 5) is 0. The summed E-state index contributed by atoms with van der Waals surface area (Å²) in [5, 5.41) is 14.3. The molecule has 0 aliphatic carbocycles. The first-order valence-electron chi connectivity index (χ1n) is 5.30. The van der Waals surface area contributed by atoms with Crippen molar-refractivity contribution in [2.45, 2.75) is 9.39 Å². The number of halogens is 3. The van der Waals surface area contributed by atoms with Gasteiger partial charge in [-0.05, 0) is 30.8 Å². The highest BCUT2D eigenvalue weighted by molar-refractivity contribution is 6.68. The van der Waals surface area contributed by atoms with Crippen LogP contribution in [0.25, 0.3) is 11.0 Å². The third kappa shape index (κ3) is 2.33. The van der Waals surface area contributed by atoms with Crippen molar-refractivity contribution in [2.75, 3.05) is 13.6 Å². The van der Waals surface area contributed by atoms with Crippen LogP contribution in [-0.4, -0.2) is 22.5 Å². The molecule has 18 heavy (non-hydrogen) atoms. The molecule has 0 bridgehead atoms. The van der Waals surface area contributed by atoms with Crippen molar-refractivity contribution in [1.82, 2.24) is 5.32 Å². The Morgan fingerprint density at radius 2 is 2.00 bits per heavy atom. The Balaban J connectivity index is 2.53. The summed E-state index contributed by atoms with van der Waals surface area (Å²) in [5.74, 6) is 0. The molecule has 0 amide bonds. The second-order valence-corrected chi connectivity index (χ2v) is 6.34. The van der Waals surface area contributed by atoms with Gasteiger partial charge >= 0.3 is 0 Å². The fourth-order valence-corrected chi connectivity index (χ4v) is 2.37. The van der Waals surface area contributed by atoms with Crippen LogP contribution in [0, 0.1) is 0 Å². The number of benzene rings is 1. The van der Waals surface area contributed by atoms with Gasteiger partial charge < -0.3 is 14.8 Å². The van der Waals surface area contributed by atoms with E-state index >= 15 is 0 Å². The van der Waals surface area contributed by atoms with Crippen molar-refractivity contribution in [3.05, 3.63) is 36.1 Å². The molecule has 3 nitrogen and oxygen atoms in total. The van der Waals surface area contributed by atoms with Crippen LogP contribution >= 0.6 is 34.8 Å². The summed E-state index contributed by atoms with van der Waals surface area (Å²) >= 11 is 17.7. The number of hydrogen-bond acceptors (Lipinski definition) is 3. The number of fused-ring (bicyclic) bond motifs is 1. The number of likely N-dealkylation sites (N-methyl/N-ethyl adjacent to an activating group) is 1. The second-order valence-electron chi connectivity index (χ2n) is 4.06. The Bertz CT molecular complexity index is 549. The molecule has 1 unspecified atom stereocenters. The van der Waals surface area contributed by atoms with Crippen LogP contribution in [0.4, 0.5) is 0 Å². The highest BCUT2D eigenvalue weighted by Gasteiger charge is 2.48. The summed E-state index contributed by atoms with van der Waals surface area (Å²) in [5.41, 5.74) is -0.377. The number of rotatable bonds is 3. The highest BCUT2D eigenvalue weighted by Crippen LogP contribution is 2.45. The monoisotopic (exact) mass is 307 g/mol. The van der Waals surface area contributed by atoms with Crippen LogP contribution in [0.15, 0.2) is 34.9 Å². The van der Waals surface area contributed by atoms with Crippen LogP contribution in [0.3, 0.4) is 0 Å². The topological polar surface area (TPSA) is 45.4 Å². The summed E-state index contributed by atoms with van der Waals surface area (Å²) in [6, 6.07) is 6.96. The Kier molecular flexibility index (Phi) is 3.81. The van der Waals surface area contributed by atoms with E-state index in [4.69, 9.17) is 39.2 Å². The minimum atomic E-state index is -1.84. The molecule has 2 rings (SSSR count). The number of hydrogen-bond donors (Lipinski definition) is 2. The first-order valence-corrected chi connectivity index (χ1v) is 6.43. The Labute approximate surface area is 120 Å². The molecule has 98 valence electrons. The quantitative estimate of drug-likeness (QED) is 0.856. The second kappa shape index (κ2) is 4.91. The predicted molar refractivity (Wildman–Crippen MR) is 74.3 cm³/mol. The zero-order valence-electron chi connectivity index (χ0n) is 9.58. The van der Waals surface area contributed by atoms with Crippen molar-refractivity contribution in [3.8, 4) is 0 Å². The molecular weight excluding hydrogens is 296 g/mol. The van der Waals surface area contributed by atoms with Gasteiger partial charge in [0.15, 0.2) is 0 Å². The molecule has 0 spiro atoms. The number of furan rings is 1. The van der Waals surface area contributed by atoms with E-state index in [9.17, 15) is 5.11 Å². The van der Waals surface area contributed by atoms with E-state index in [1.165, 1.54) is 0 Å². The molecule has 1 atom stereocenters. The molecule has 1 heterocycles. The van der Waals surface area contributed by atoms with Crippen molar-refractivity contribution in [2.24, 2.45) is 0 Å². The zero-order valence-corrected chi connectivity index (χ0v) is 11.9. The zero-order chi connectivity index (χ0) is 13.4. The molecule has 0 aliphatic heterocycles. The Hall–Kier alpha value is -0.450. The molecule has 1 aromatic carbocycles. The maximum absolute atomic E-state index is 10.6. The van der Waals surface area contributed by atoms with E-state index in [-0.39, 0.29) is 6.54 Å². The smallest absolute Gasteiger partial charge is 0.224 e. The van der Waals surface area contributed by atoms with Gasteiger partial charge in [0.1, 0.15) is 11.2 Å². The third-order valence-electron chi connectivity index (χ3n) is 2.83. The lowest BCUT2D eigenvalue weighted by Gasteiger charge is -2.35. The number of aliphatic hydroxyl groups is 1. The standard InChI is InChI=1S/C12H12Cl3NO2/c1-16-7-11(17,12(13,14)15)9-2-3-10-8(6-9)4-5-18-10/h2-6,16-17H,7H2,1H3. The molecule has 1 aromatic heterocycles. The Morgan fingerprint density at radius 3 is 2.61 bits per heavy atom. The first-order chi connectivity index (χ1) is 8.38. The summed E-state index contributed by atoms with van der Waals surface area (Å²) in [7, 11) is 1.68. The van der Waals surface area contributed by atoms with Crippen LogP contribution in [0.5, 0.6) is 0 Å². The van der Waals surface area contributed by atoms with Gasteiger partial charge in [-0.1, -0.05) is 40.9 Å². The molecule has 0 radical (unpaired) electrons. The SMILES string of the molecule is CNCC(O)(c1ccc2occc2c1)C(Cl)(Cl)Cl. The molecule has 0 fully saturated rings. The normalized spacial score (nSPS) is 15.8. The van der Waals surface area contributed by atoms with Gasteiger partial charge in [-0.3, -0.25) is 0 Å². The first kappa shape index (κ1) is 14.0. The fraction of sp³-hybridized carbons (Fsp3) is 0.333. The van der Waals surface area contributed by atoms with Crippen molar-refractivity contribution >= 4 is 45.8 Å². The molecule has 2 N–H and O–H groups in total. The van der Waals surface area contributed by atoms with Gasteiger partial charge in [0.2, 0.25) is 3.79 Å². The van der Waals surface area contributed by atoms with Gasteiger partial charge in [0.25, 0.3) is 0 Å². The van der Waals surface area contributed by atoms with Crippen LogP contribution in [-0.2, 0) is 5.60 Å². The van der Waals surface area contributed by atoms with E-state index < -0.39 is 9.39 Å². The van der Waals surface area contributed by atoms with Crippen LogP contribution < -0.4 is 5.32 Å². The van der Waals surface area contributed by atoms with Gasteiger partial charge in [-0.15, -0.1) is 0 Å². The lowest BCUT2D eigenvalue weighted by atomic mass is 9.94. The van der Waals surface area contributed by atoms with Crippen molar-refractivity contribution in [3.63, 3.8) is 0 Å². The molecular formula is C12H12Cl3NO2. The molecule has 0 saturated carbocycles. The lowest BCUT2D eigenvalue weighted by molar-refractivity contribution is 0.0427. The van der Waals surface area contributed by atoms with Crippen LogP contribution in [0.2, 0.25) is 0 Å². The summed E-state index contributed by atoms with van der Waals surface area (Å²) in [6.07, 6.45) is 1.57. The molecule has 0 aliphatic rings. The van der Waals surface area contributed by atoms with E-state index in [0.29, 0.717) is 5.56 Å². The average molecular weight is 309 g/mol. The summed E-state index contributed by atoms with van der Waals surface area (Å²) in [6.45, 7) is 0.118. The lowest BCUT2D eigenvalue weighted by Crippen LogP contribution is -2.47. The van der Waals surface area contributed by atoms with Gasteiger partial charge in [0, 0.05) is 11.9 Å². The predicted octanol–water partition coefficient (Wildman–Crippen LogP) is 3.21. The van der Waals surface area contributed by atoms with Gasteiger partial charge in [0.05, 0.1) is 6.26 Å². The number of nitrogens with one attached hydrogen (secondary N) is 1. The fourth-order valence-electron chi connectivity index (χ4n) is 1.85. The molecule has 2 aromatic rings. The van der Waals surface area contributed by atoms with E-state index in [0.717, 1.165) is 11.0 Å². The molecule has 0 saturated heterocycles. The number of alkyl halides is 3. The van der Waals surface area contributed by atoms with E-state index in [2.05, 4.69) is 5.32 Å². The maximum atomic E-state index is 10.6.